The fraction of sp³-hybridized carbons (Fsp3) is 0.150. The molecule has 2 aromatic heterocycles. The summed E-state index contributed by atoms with van der Waals surface area (Å²) in [7, 11) is 0. The summed E-state index contributed by atoms with van der Waals surface area (Å²) in [6, 6.07) is 12.2. The number of rotatable bonds is 6. The minimum Gasteiger partial charge on any atom is -0.454 e. The molecule has 1 aliphatic rings. The maximum absolute atomic E-state index is 12.8. The summed E-state index contributed by atoms with van der Waals surface area (Å²) in [6.45, 7) is 0.440. The monoisotopic (exact) mass is 396 g/mol. The number of fused-ring (bicyclic) bond motifs is 1. The molecular weight excluding hydrogens is 380 g/mol. The lowest BCUT2D eigenvalue weighted by Crippen LogP contribution is -2.31. The Kier molecular flexibility index (Phi) is 5.20. The van der Waals surface area contributed by atoms with Crippen LogP contribution in [0.5, 0.6) is 11.5 Å². The number of hydrogen-bond donors (Lipinski definition) is 1. The van der Waals surface area contributed by atoms with Crippen LogP contribution in [0.2, 0.25) is 0 Å². The molecule has 1 aliphatic heterocycles. The van der Waals surface area contributed by atoms with E-state index in [1.165, 1.54) is 17.5 Å². The van der Waals surface area contributed by atoms with Crippen LogP contribution in [-0.4, -0.2) is 23.7 Å². The number of hydrogen-bond acceptors (Lipinski definition) is 7. The van der Waals surface area contributed by atoms with Crippen molar-refractivity contribution in [1.82, 2.24) is 10.3 Å². The fourth-order valence-electron chi connectivity index (χ4n) is 2.70. The number of ether oxygens (including phenoxy) is 3. The Morgan fingerprint density at radius 3 is 2.86 bits per heavy atom. The molecular formula is C20H16N2O5S. The Morgan fingerprint density at radius 1 is 1.18 bits per heavy atom. The average molecular weight is 396 g/mol. The molecule has 0 unspecified atom stereocenters. The van der Waals surface area contributed by atoms with Crippen molar-refractivity contribution in [3.63, 3.8) is 0 Å². The number of esters is 1. The first-order valence-corrected chi connectivity index (χ1v) is 9.39. The lowest BCUT2D eigenvalue weighted by molar-refractivity contribution is -0.130. The number of carbonyl (C=O) groups is 2. The van der Waals surface area contributed by atoms with Crippen LogP contribution in [0.4, 0.5) is 0 Å². The van der Waals surface area contributed by atoms with E-state index in [1.807, 2.05) is 6.07 Å². The fourth-order valence-corrected chi connectivity index (χ4v) is 3.30. The van der Waals surface area contributed by atoms with Gasteiger partial charge in [-0.2, -0.15) is 0 Å². The molecule has 3 aromatic rings. The van der Waals surface area contributed by atoms with Gasteiger partial charge in [0.1, 0.15) is 4.88 Å². The molecule has 1 atom stereocenters. The van der Waals surface area contributed by atoms with Crippen molar-refractivity contribution in [2.24, 2.45) is 0 Å². The molecule has 0 bridgehead atoms. The molecule has 0 saturated heterocycles. The third-order valence-electron chi connectivity index (χ3n) is 4.08. The summed E-state index contributed by atoms with van der Waals surface area (Å²) < 4.78 is 16.1. The third-order valence-corrected chi connectivity index (χ3v) is 4.93. The number of aromatic nitrogens is 1. The van der Waals surface area contributed by atoms with Gasteiger partial charge >= 0.3 is 5.97 Å². The van der Waals surface area contributed by atoms with E-state index in [0.29, 0.717) is 21.9 Å². The highest BCUT2D eigenvalue weighted by Crippen LogP contribution is 2.32. The van der Waals surface area contributed by atoms with Crippen LogP contribution in [-0.2, 0) is 16.1 Å². The van der Waals surface area contributed by atoms with Crippen molar-refractivity contribution in [3.8, 4) is 11.5 Å². The molecule has 1 N–H and O–H groups in total. The molecule has 0 saturated carbocycles. The zero-order chi connectivity index (χ0) is 19.3. The standard InChI is InChI=1S/C20H16N2O5S/c23-19(22-10-13-5-6-15-16(9-13)26-12-25-15)18(14-3-1-7-21-11-14)27-20(24)17-4-2-8-28-17/h1-9,11,18H,10,12H2,(H,22,23)/t18-/m1/s1. The molecule has 0 spiro atoms. The van der Waals surface area contributed by atoms with Gasteiger partial charge in [-0.15, -0.1) is 11.3 Å². The Balaban J connectivity index is 1.47. The minimum atomic E-state index is -1.10. The van der Waals surface area contributed by atoms with Gasteiger partial charge in [0.15, 0.2) is 11.5 Å². The summed E-state index contributed by atoms with van der Waals surface area (Å²) in [4.78, 5) is 29.6. The normalized spacial score (nSPS) is 13.0. The van der Waals surface area contributed by atoms with Gasteiger partial charge in [0.25, 0.3) is 5.91 Å². The smallest absolute Gasteiger partial charge is 0.349 e. The van der Waals surface area contributed by atoms with E-state index in [1.54, 1.807) is 48.0 Å². The summed E-state index contributed by atoms with van der Waals surface area (Å²) in [5, 5.41) is 4.58. The topological polar surface area (TPSA) is 86.8 Å². The van der Waals surface area contributed by atoms with Crippen molar-refractivity contribution in [3.05, 3.63) is 76.2 Å². The van der Waals surface area contributed by atoms with Gasteiger partial charge in [0.2, 0.25) is 12.9 Å². The Bertz CT molecular complexity index is 976. The van der Waals surface area contributed by atoms with Crippen LogP contribution in [0.25, 0.3) is 0 Å². The van der Waals surface area contributed by atoms with Gasteiger partial charge in [0, 0.05) is 24.5 Å². The molecule has 142 valence electrons. The first kappa shape index (κ1) is 18.0. The Morgan fingerprint density at radius 2 is 2.07 bits per heavy atom. The molecule has 0 radical (unpaired) electrons. The summed E-state index contributed by atoms with van der Waals surface area (Å²) in [6.07, 6.45) is 2.00. The van der Waals surface area contributed by atoms with E-state index >= 15 is 0 Å². The maximum atomic E-state index is 12.8. The van der Waals surface area contributed by atoms with Gasteiger partial charge in [0.05, 0.1) is 0 Å². The number of carbonyl (C=O) groups excluding carboxylic acids is 2. The lowest BCUT2D eigenvalue weighted by Gasteiger charge is -2.17. The van der Waals surface area contributed by atoms with Crippen molar-refractivity contribution in [2.75, 3.05) is 6.79 Å². The molecule has 0 fully saturated rings. The first-order chi connectivity index (χ1) is 13.7. The Hall–Kier alpha value is -3.39. The van der Waals surface area contributed by atoms with Crippen LogP contribution >= 0.6 is 11.3 Å². The summed E-state index contributed by atoms with van der Waals surface area (Å²) >= 11 is 1.25. The second-order valence-electron chi connectivity index (χ2n) is 5.95. The van der Waals surface area contributed by atoms with Crippen LogP contribution in [0.3, 0.4) is 0 Å². The van der Waals surface area contributed by atoms with Gasteiger partial charge in [-0.05, 0) is 35.2 Å². The Labute approximate surface area is 164 Å². The first-order valence-electron chi connectivity index (χ1n) is 8.51. The highest BCUT2D eigenvalue weighted by atomic mass is 32.1. The van der Waals surface area contributed by atoms with E-state index < -0.39 is 18.0 Å². The zero-order valence-corrected chi connectivity index (χ0v) is 15.5. The van der Waals surface area contributed by atoms with Gasteiger partial charge < -0.3 is 19.5 Å². The quantitative estimate of drug-likeness (QED) is 0.645. The van der Waals surface area contributed by atoms with E-state index in [4.69, 9.17) is 14.2 Å². The number of amides is 1. The van der Waals surface area contributed by atoms with Crippen LogP contribution in [0.1, 0.15) is 26.9 Å². The maximum Gasteiger partial charge on any atom is 0.349 e. The van der Waals surface area contributed by atoms with E-state index in [0.717, 1.165) is 5.56 Å². The highest BCUT2D eigenvalue weighted by Gasteiger charge is 2.26. The SMILES string of the molecule is O=C(O[C@@H](C(=O)NCc1ccc2c(c1)OCO2)c1cccnc1)c1cccs1. The average Bonchev–Trinajstić information content (AvgIpc) is 3.42. The molecule has 1 amide bonds. The third kappa shape index (κ3) is 3.96. The van der Waals surface area contributed by atoms with Crippen molar-refractivity contribution >= 4 is 23.2 Å². The number of benzene rings is 1. The largest absolute Gasteiger partial charge is 0.454 e. The minimum absolute atomic E-state index is 0.187. The molecule has 1 aromatic carbocycles. The van der Waals surface area contributed by atoms with Crippen molar-refractivity contribution in [1.29, 1.82) is 0 Å². The number of thiophene rings is 1. The van der Waals surface area contributed by atoms with Crippen LogP contribution < -0.4 is 14.8 Å². The lowest BCUT2D eigenvalue weighted by atomic mass is 10.1. The van der Waals surface area contributed by atoms with E-state index in [2.05, 4.69) is 10.3 Å². The van der Waals surface area contributed by atoms with Crippen molar-refractivity contribution < 1.29 is 23.8 Å². The molecule has 8 heteroatoms. The molecule has 0 aliphatic carbocycles. The van der Waals surface area contributed by atoms with Crippen LogP contribution in [0.15, 0.2) is 60.2 Å². The molecule has 7 nitrogen and oxygen atoms in total. The summed E-state index contributed by atoms with van der Waals surface area (Å²) in [5.41, 5.74) is 1.34. The van der Waals surface area contributed by atoms with Crippen LogP contribution in [0, 0.1) is 0 Å². The second kappa shape index (κ2) is 8.10. The summed E-state index contributed by atoms with van der Waals surface area (Å²) in [5.74, 6) is 0.325. The van der Waals surface area contributed by atoms with Crippen molar-refractivity contribution in [2.45, 2.75) is 12.6 Å². The number of nitrogens with zero attached hydrogens (tertiary/aromatic N) is 1. The molecule has 3 heterocycles. The van der Waals surface area contributed by atoms with Gasteiger partial charge in [-0.25, -0.2) is 4.79 Å². The molecule has 28 heavy (non-hydrogen) atoms. The second-order valence-corrected chi connectivity index (χ2v) is 6.90. The van der Waals surface area contributed by atoms with Gasteiger partial charge in [-0.3, -0.25) is 9.78 Å². The number of nitrogens with one attached hydrogen (secondary N) is 1. The molecule has 4 rings (SSSR count). The zero-order valence-electron chi connectivity index (χ0n) is 14.7. The predicted octanol–water partition coefficient (Wildman–Crippen LogP) is 3.09. The highest BCUT2D eigenvalue weighted by molar-refractivity contribution is 7.11. The van der Waals surface area contributed by atoms with Gasteiger partial charge in [-0.1, -0.05) is 18.2 Å². The van der Waals surface area contributed by atoms with E-state index in [-0.39, 0.29) is 13.3 Å². The number of pyridine rings is 1. The predicted molar refractivity (Wildman–Crippen MR) is 101 cm³/mol. The van der Waals surface area contributed by atoms with E-state index in [9.17, 15) is 9.59 Å².